The molecular formula is C15H13FN2O5S. The van der Waals surface area contributed by atoms with E-state index >= 15 is 0 Å². The van der Waals surface area contributed by atoms with Crippen LogP contribution in [0.5, 0.6) is 0 Å². The van der Waals surface area contributed by atoms with Gasteiger partial charge in [0.15, 0.2) is 9.84 Å². The fourth-order valence-corrected chi connectivity index (χ4v) is 3.08. The summed E-state index contributed by atoms with van der Waals surface area (Å²) in [4.78, 5) is 21.9. The van der Waals surface area contributed by atoms with Gasteiger partial charge in [-0.05, 0) is 30.3 Å². The van der Waals surface area contributed by atoms with Gasteiger partial charge in [-0.3, -0.25) is 14.9 Å². The lowest BCUT2D eigenvalue weighted by molar-refractivity contribution is -0.384. The van der Waals surface area contributed by atoms with E-state index in [9.17, 15) is 27.7 Å². The first kappa shape index (κ1) is 17.5. The molecule has 0 saturated carbocycles. The molecule has 126 valence electrons. The van der Waals surface area contributed by atoms with Crippen molar-refractivity contribution in [1.29, 1.82) is 0 Å². The molecule has 1 N–H and O–H groups in total. The maximum Gasteiger partial charge on any atom is 0.270 e. The van der Waals surface area contributed by atoms with Crippen molar-refractivity contribution in [3.8, 4) is 0 Å². The number of nitrogens with one attached hydrogen (secondary N) is 1. The minimum Gasteiger partial charge on any atom is -0.351 e. The second kappa shape index (κ2) is 7.18. The third kappa shape index (κ3) is 4.35. The Bertz CT molecular complexity index is 866. The van der Waals surface area contributed by atoms with E-state index in [0.717, 1.165) is 30.3 Å². The highest BCUT2D eigenvalue weighted by atomic mass is 32.2. The summed E-state index contributed by atoms with van der Waals surface area (Å²) in [6.07, 6.45) is 0. The molecule has 0 atom stereocenters. The van der Waals surface area contributed by atoms with E-state index in [-0.39, 0.29) is 28.4 Å². The maximum absolute atomic E-state index is 12.8. The number of amides is 1. The molecule has 0 bridgehead atoms. The van der Waals surface area contributed by atoms with Crippen LogP contribution >= 0.6 is 0 Å². The number of halogens is 1. The molecule has 9 heteroatoms. The Hall–Kier alpha value is -2.81. The van der Waals surface area contributed by atoms with Crippen molar-refractivity contribution >= 4 is 21.4 Å². The number of hydrogen-bond donors (Lipinski definition) is 1. The fourth-order valence-electron chi connectivity index (χ4n) is 1.92. The van der Waals surface area contributed by atoms with Gasteiger partial charge in [0.05, 0.1) is 15.6 Å². The Morgan fingerprint density at radius 2 is 1.83 bits per heavy atom. The first-order valence-electron chi connectivity index (χ1n) is 6.80. The van der Waals surface area contributed by atoms with Gasteiger partial charge in [0, 0.05) is 24.2 Å². The van der Waals surface area contributed by atoms with Crippen molar-refractivity contribution in [3.63, 3.8) is 0 Å². The highest BCUT2D eigenvalue weighted by molar-refractivity contribution is 7.91. The Labute approximate surface area is 137 Å². The van der Waals surface area contributed by atoms with Gasteiger partial charge >= 0.3 is 0 Å². The molecule has 0 saturated heterocycles. The third-order valence-electron chi connectivity index (χ3n) is 3.15. The quantitative estimate of drug-likeness (QED) is 0.486. The molecule has 0 aromatic heterocycles. The number of nitro benzene ring substituents is 1. The standard InChI is InChI=1S/C15H13FN2O5S/c16-12-4-6-14(7-5-12)24(22,23)9-8-17-15(19)11-2-1-3-13(10-11)18(20)21/h1-7,10H,8-9H2,(H,17,19). The van der Waals surface area contributed by atoms with Crippen molar-refractivity contribution in [2.75, 3.05) is 12.3 Å². The number of carbonyl (C=O) groups is 1. The van der Waals surface area contributed by atoms with Crippen LogP contribution < -0.4 is 5.32 Å². The lowest BCUT2D eigenvalue weighted by Crippen LogP contribution is -2.29. The molecule has 0 heterocycles. The summed E-state index contributed by atoms with van der Waals surface area (Å²) in [7, 11) is -3.67. The van der Waals surface area contributed by atoms with Crippen LogP contribution in [0.1, 0.15) is 10.4 Å². The van der Waals surface area contributed by atoms with E-state index in [0.29, 0.717) is 0 Å². The van der Waals surface area contributed by atoms with Gasteiger partial charge in [-0.15, -0.1) is 0 Å². The highest BCUT2D eigenvalue weighted by Gasteiger charge is 2.16. The van der Waals surface area contributed by atoms with Crippen molar-refractivity contribution in [1.82, 2.24) is 5.32 Å². The number of sulfone groups is 1. The van der Waals surface area contributed by atoms with E-state index in [4.69, 9.17) is 0 Å². The molecular weight excluding hydrogens is 339 g/mol. The Kier molecular flexibility index (Phi) is 5.24. The molecule has 7 nitrogen and oxygen atoms in total. The van der Waals surface area contributed by atoms with Crippen LogP contribution in [0.3, 0.4) is 0 Å². The molecule has 0 fully saturated rings. The summed E-state index contributed by atoms with van der Waals surface area (Å²) in [5.41, 5.74) is -0.176. The normalized spacial score (nSPS) is 11.0. The molecule has 0 spiro atoms. The summed E-state index contributed by atoms with van der Waals surface area (Å²) in [5, 5.41) is 13.1. The molecule has 0 aliphatic rings. The monoisotopic (exact) mass is 352 g/mol. The second-order valence-corrected chi connectivity index (χ2v) is 6.95. The van der Waals surface area contributed by atoms with Gasteiger partial charge in [0.1, 0.15) is 5.82 Å². The van der Waals surface area contributed by atoms with Gasteiger partial charge in [-0.1, -0.05) is 6.07 Å². The van der Waals surface area contributed by atoms with Crippen LogP contribution in [0, 0.1) is 15.9 Å². The first-order chi connectivity index (χ1) is 11.3. The average Bonchev–Trinajstić information content (AvgIpc) is 2.55. The zero-order valence-corrected chi connectivity index (χ0v) is 13.1. The van der Waals surface area contributed by atoms with Crippen LogP contribution in [0.25, 0.3) is 0 Å². The second-order valence-electron chi connectivity index (χ2n) is 4.84. The molecule has 2 aromatic rings. The number of nitrogens with zero attached hydrogens (tertiary/aromatic N) is 1. The van der Waals surface area contributed by atoms with Crippen LogP contribution in [0.2, 0.25) is 0 Å². The predicted molar refractivity (Wildman–Crippen MR) is 83.9 cm³/mol. The Balaban J connectivity index is 1.98. The van der Waals surface area contributed by atoms with Crippen molar-refractivity contribution in [3.05, 3.63) is 70.0 Å². The molecule has 0 aliphatic heterocycles. The van der Waals surface area contributed by atoms with Crippen molar-refractivity contribution in [2.45, 2.75) is 4.90 Å². The number of carbonyl (C=O) groups excluding carboxylic acids is 1. The summed E-state index contributed by atoms with van der Waals surface area (Å²) in [6, 6.07) is 9.46. The van der Waals surface area contributed by atoms with Gasteiger partial charge in [-0.25, -0.2) is 12.8 Å². The van der Waals surface area contributed by atoms with Gasteiger partial charge in [0.25, 0.3) is 11.6 Å². The zero-order chi connectivity index (χ0) is 17.7. The fraction of sp³-hybridized carbons (Fsp3) is 0.133. The molecule has 0 unspecified atom stereocenters. The number of nitro groups is 1. The zero-order valence-electron chi connectivity index (χ0n) is 12.3. The van der Waals surface area contributed by atoms with Crippen LogP contribution in [-0.2, 0) is 9.84 Å². The van der Waals surface area contributed by atoms with Crippen LogP contribution in [-0.4, -0.2) is 31.5 Å². The molecule has 24 heavy (non-hydrogen) atoms. The van der Waals surface area contributed by atoms with Gasteiger partial charge in [0.2, 0.25) is 0 Å². The minimum absolute atomic E-state index is 0.0477. The summed E-state index contributed by atoms with van der Waals surface area (Å²) < 4.78 is 36.9. The lowest BCUT2D eigenvalue weighted by atomic mass is 10.2. The molecule has 2 rings (SSSR count). The SMILES string of the molecule is O=C(NCCS(=O)(=O)c1ccc(F)cc1)c1cccc([N+](=O)[O-])c1. The van der Waals surface area contributed by atoms with E-state index in [2.05, 4.69) is 5.32 Å². The van der Waals surface area contributed by atoms with Crippen molar-refractivity contribution < 1.29 is 22.5 Å². The molecule has 2 aromatic carbocycles. The summed E-state index contributed by atoms with van der Waals surface area (Å²) in [5.74, 6) is -1.54. The average molecular weight is 352 g/mol. The van der Waals surface area contributed by atoms with E-state index in [1.54, 1.807) is 0 Å². The van der Waals surface area contributed by atoms with E-state index < -0.39 is 26.5 Å². The smallest absolute Gasteiger partial charge is 0.270 e. The number of benzene rings is 2. The molecule has 1 amide bonds. The van der Waals surface area contributed by atoms with Crippen molar-refractivity contribution in [2.24, 2.45) is 0 Å². The number of rotatable bonds is 6. The highest BCUT2D eigenvalue weighted by Crippen LogP contribution is 2.13. The largest absolute Gasteiger partial charge is 0.351 e. The Morgan fingerprint density at radius 1 is 1.17 bits per heavy atom. The number of non-ortho nitro benzene ring substituents is 1. The minimum atomic E-state index is -3.67. The van der Waals surface area contributed by atoms with Crippen LogP contribution in [0.15, 0.2) is 53.4 Å². The first-order valence-corrected chi connectivity index (χ1v) is 8.46. The summed E-state index contributed by atoms with van der Waals surface area (Å²) in [6.45, 7) is -0.179. The van der Waals surface area contributed by atoms with Gasteiger partial charge in [-0.2, -0.15) is 0 Å². The predicted octanol–water partition coefficient (Wildman–Crippen LogP) is 1.94. The third-order valence-corrected chi connectivity index (χ3v) is 4.88. The maximum atomic E-state index is 12.8. The van der Waals surface area contributed by atoms with E-state index in [1.165, 1.54) is 18.2 Å². The topological polar surface area (TPSA) is 106 Å². The summed E-state index contributed by atoms with van der Waals surface area (Å²) >= 11 is 0. The molecule has 0 aliphatic carbocycles. The number of hydrogen-bond acceptors (Lipinski definition) is 5. The van der Waals surface area contributed by atoms with Gasteiger partial charge < -0.3 is 5.32 Å². The van der Waals surface area contributed by atoms with E-state index in [1.807, 2.05) is 0 Å². The molecule has 0 radical (unpaired) electrons. The Morgan fingerprint density at radius 3 is 2.46 bits per heavy atom. The van der Waals surface area contributed by atoms with Crippen LogP contribution in [0.4, 0.5) is 10.1 Å². The lowest BCUT2D eigenvalue weighted by Gasteiger charge is -2.07.